The van der Waals surface area contributed by atoms with E-state index in [1.165, 1.54) is 25.8 Å². The van der Waals surface area contributed by atoms with Crippen LogP contribution in [0.25, 0.3) is 0 Å². The highest BCUT2D eigenvalue weighted by atomic mass is 15.1. The normalized spacial score (nSPS) is 14.4. The Hall–Kier alpha value is -0.0400. The smallest absolute Gasteiger partial charge is 0.0115 e. The van der Waals surface area contributed by atoms with Crippen molar-refractivity contribution in [2.45, 2.75) is 59.9 Å². The van der Waals surface area contributed by atoms with Crippen molar-refractivity contribution in [1.82, 2.24) is 4.90 Å². The van der Waals surface area contributed by atoms with Crippen LogP contribution in [-0.2, 0) is 0 Å². The molecule has 0 heterocycles. The first-order chi connectivity index (χ1) is 6.49. The van der Waals surface area contributed by atoms with Crippen LogP contribution in [0, 0.1) is 11.8 Å². The molecule has 0 fully saturated rings. The molecule has 0 saturated carbocycles. The summed E-state index contributed by atoms with van der Waals surface area (Å²) in [5.41, 5.74) is 0. The van der Waals surface area contributed by atoms with Gasteiger partial charge in [-0.15, -0.1) is 0 Å². The zero-order valence-corrected chi connectivity index (χ0v) is 11.0. The molecule has 0 bridgehead atoms. The van der Waals surface area contributed by atoms with Crippen molar-refractivity contribution in [3.8, 4) is 0 Å². The van der Waals surface area contributed by atoms with Crippen molar-refractivity contribution in [3.63, 3.8) is 0 Å². The Balaban J connectivity index is 4.04. The molecule has 0 N–H and O–H groups in total. The molecular weight excluding hydrogens is 170 g/mol. The van der Waals surface area contributed by atoms with Crippen LogP contribution in [-0.4, -0.2) is 24.5 Å². The van der Waals surface area contributed by atoms with E-state index in [1.54, 1.807) is 0 Å². The van der Waals surface area contributed by atoms with E-state index in [0.29, 0.717) is 0 Å². The van der Waals surface area contributed by atoms with Gasteiger partial charge < -0.3 is 4.90 Å². The van der Waals surface area contributed by atoms with Gasteiger partial charge >= 0.3 is 0 Å². The second-order valence-electron chi connectivity index (χ2n) is 5.29. The Labute approximate surface area is 90.9 Å². The topological polar surface area (TPSA) is 3.24 Å². The van der Waals surface area contributed by atoms with Crippen molar-refractivity contribution < 1.29 is 0 Å². The number of hydrogen-bond acceptors (Lipinski definition) is 1. The Morgan fingerprint density at radius 2 is 1.64 bits per heavy atom. The third kappa shape index (κ3) is 5.64. The Morgan fingerprint density at radius 3 is 2.00 bits per heavy atom. The Morgan fingerprint density at radius 1 is 1.07 bits per heavy atom. The van der Waals surface area contributed by atoms with E-state index in [0.717, 1.165) is 17.9 Å². The predicted molar refractivity (Wildman–Crippen MR) is 65.6 cm³/mol. The molecule has 0 aliphatic carbocycles. The van der Waals surface area contributed by atoms with E-state index in [2.05, 4.69) is 46.6 Å². The summed E-state index contributed by atoms with van der Waals surface area (Å²) in [7, 11) is 2.28. The van der Waals surface area contributed by atoms with Crippen molar-refractivity contribution in [2.24, 2.45) is 11.8 Å². The van der Waals surface area contributed by atoms with Crippen LogP contribution in [0.15, 0.2) is 0 Å². The van der Waals surface area contributed by atoms with Crippen LogP contribution >= 0.6 is 0 Å². The fourth-order valence-corrected chi connectivity index (χ4v) is 2.19. The fourth-order valence-electron chi connectivity index (χ4n) is 2.19. The minimum Gasteiger partial charge on any atom is -0.303 e. The second kappa shape index (κ2) is 7.28. The van der Waals surface area contributed by atoms with Crippen molar-refractivity contribution in [1.29, 1.82) is 0 Å². The molecule has 1 atom stereocenters. The van der Waals surface area contributed by atoms with Gasteiger partial charge in [-0.3, -0.25) is 0 Å². The summed E-state index contributed by atoms with van der Waals surface area (Å²) in [5, 5.41) is 0. The van der Waals surface area contributed by atoms with Crippen LogP contribution in [0.1, 0.15) is 53.9 Å². The first-order valence-corrected chi connectivity index (χ1v) is 6.19. The van der Waals surface area contributed by atoms with Crippen LogP contribution in [0.3, 0.4) is 0 Å². The molecule has 14 heavy (non-hydrogen) atoms. The average molecular weight is 199 g/mol. The lowest BCUT2D eigenvalue weighted by molar-refractivity contribution is 0.161. The number of nitrogens with zero attached hydrogens (tertiary/aromatic N) is 1. The van der Waals surface area contributed by atoms with Crippen LogP contribution < -0.4 is 0 Å². The SMILES string of the molecule is CCCCC(C(C)C)N(C)CC(C)C. The van der Waals surface area contributed by atoms with Gasteiger partial charge in [0.25, 0.3) is 0 Å². The van der Waals surface area contributed by atoms with E-state index < -0.39 is 0 Å². The fraction of sp³-hybridized carbons (Fsp3) is 1.00. The van der Waals surface area contributed by atoms with Gasteiger partial charge in [-0.2, -0.15) is 0 Å². The van der Waals surface area contributed by atoms with Crippen LogP contribution in [0.5, 0.6) is 0 Å². The van der Waals surface area contributed by atoms with E-state index in [4.69, 9.17) is 0 Å². The predicted octanol–water partition coefficient (Wildman–Crippen LogP) is 3.79. The summed E-state index contributed by atoms with van der Waals surface area (Å²) < 4.78 is 0. The second-order valence-corrected chi connectivity index (χ2v) is 5.29. The molecule has 1 nitrogen and oxygen atoms in total. The van der Waals surface area contributed by atoms with E-state index in [1.807, 2.05) is 0 Å². The monoisotopic (exact) mass is 199 g/mol. The summed E-state index contributed by atoms with van der Waals surface area (Å²) in [4.78, 5) is 2.55. The highest BCUT2D eigenvalue weighted by molar-refractivity contribution is 4.72. The lowest BCUT2D eigenvalue weighted by atomic mass is 9.96. The maximum absolute atomic E-state index is 2.55. The van der Waals surface area contributed by atoms with E-state index in [-0.39, 0.29) is 0 Å². The number of hydrogen-bond donors (Lipinski definition) is 0. The maximum atomic E-state index is 2.55. The molecule has 0 amide bonds. The molecule has 0 radical (unpaired) electrons. The third-order valence-corrected chi connectivity index (χ3v) is 2.84. The van der Waals surface area contributed by atoms with Gasteiger partial charge in [-0.25, -0.2) is 0 Å². The molecule has 0 aromatic carbocycles. The Bertz CT molecular complexity index is 129. The van der Waals surface area contributed by atoms with Gasteiger partial charge in [0.15, 0.2) is 0 Å². The third-order valence-electron chi connectivity index (χ3n) is 2.84. The highest BCUT2D eigenvalue weighted by Gasteiger charge is 2.18. The molecule has 1 heteroatoms. The molecule has 0 spiro atoms. The summed E-state index contributed by atoms with van der Waals surface area (Å²) in [5.74, 6) is 1.56. The lowest BCUT2D eigenvalue weighted by Crippen LogP contribution is -2.38. The van der Waals surface area contributed by atoms with Crippen molar-refractivity contribution >= 4 is 0 Å². The molecule has 0 rings (SSSR count). The minimum absolute atomic E-state index is 0.775. The van der Waals surface area contributed by atoms with E-state index >= 15 is 0 Å². The molecule has 0 aromatic heterocycles. The zero-order valence-electron chi connectivity index (χ0n) is 11.0. The summed E-state index contributed by atoms with van der Waals surface area (Å²) in [6.07, 6.45) is 4.04. The first kappa shape index (κ1) is 14.0. The molecule has 1 unspecified atom stereocenters. The standard InChI is InChI=1S/C13H29N/c1-7-8-9-13(12(4)5)14(6)10-11(2)3/h11-13H,7-10H2,1-6H3. The molecular formula is C13H29N. The molecule has 86 valence electrons. The van der Waals surface area contributed by atoms with Crippen molar-refractivity contribution in [2.75, 3.05) is 13.6 Å². The van der Waals surface area contributed by atoms with Gasteiger partial charge in [0.2, 0.25) is 0 Å². The van der Waals surface area contributed by atoms with E-state index in [9.17, 15) is 0 Å². The lowest BCUT2D eigenvalue weighted by Gasteiger charge is -2.32. The largest absolute Gasteiger partial charge is 0.303 e. The summed E-state index contributed by atoms with van der Waals surface area (Å²) in [6.45, 7) is 12.8. The first-order valence-electron chi connectivity index (χ1n) is 6.19. The van der Waals surface area contributed by atoms with Gasteiger partial charge in [0, 0.05) is 12.6 Å². The minimum atomic E-state index is 0.775. The molecule has 0 aromatic rings. The number of unbranched alkanes of at least 4 members (excludes halogenated alkanes) is 1. The van der Waals surface area contributed by atoms with Gasteiger partial charge in [0.1, 0.15) is 0 Å². The summed E-state index contributed by atoms with van der Waals surface area (Å²) >= 11 is 0. The highest BCUT2D eigenvalue weighted by Crippen LogP contribution is 2.17. The van der Waals surface area contributed by atoms with Gasteiger partial charge in [-0.05, 0) is 25.3 Å². The molecule has 0 saturated heterocycles. The molecule has 0 aliphatic heterocycles. The van der Waals surface area contributed by atoms with Gasteiger partial charge in [-0.1, -0.05) is 47.5 Å². The number of rotatable bonds is 7. The summed E-state index contributed by atoms with van der Waals surface area (Å²) in [6, 6.07) is 0.775. The van der Waals surface area contributed by atoms with Crippen LogP contribution in [0.4, 0.5) is 0 Å². The average Bonchev–Trinajstić information content (AvgIpc) is 2.02. The molecule has 0 aliphatic rings. The zero-order chi connectivity index (χ0) is 11.1. The maximum Gasteiger partial charge on any atom is 0.0115 e. The van der Waals surface area contributed by atoms with Gasteiger partial charge in [0.05, 0.1) is 0 Å². The quantitative estimate of drug-likeness (QED) is 0.603. The Kier molecular flexibility index (Phi) is 7.26. The van der Waals surface area contributed by atoms with Crippen LogP contribution in [0.2, 0.25) is 0 Å². The van der Waals surface area contributed by atoms with Crippen molar-refractivity contribution in [3.05, 3.63) is 0 Å².